The standard InChI is InChI=1S/C17H20S2/c1-2-5-9-16(8-4-1)12-13-18-14-15-19-17-10-6-3-7-11-17/h1-4,6-11H,5,12-15H2. The van der Waals surface area contributed by atoms with Gasteiger partial charge in [0.2, 0.25) is 0 Å². The minimum atomic E-state index is 1.08. The Kier molecular flexibility index (Phi) is 6.97. The minimum absolute atomic E-state index is 1.08. The van der Waals surface area contributed by atoms with Crippen LogP contribution in [0.3, 0.4) is 0 Å². The molecule has 100 valence electrons. The van der Waals surface area contributed by atoms with E-state index in [4.69, 9.17) is 0 Å². The van der Waals surface area contributed by atoms with Gasteiger partial charge in [0.15, 0.2) is 0 Å². The van der Waals surface area contributed by atoms with E-state index in [1.54, 1.807) is 0 Å². The molecular formula is C17H20S2. The Balaban J connectivity index is 1.54. The highest BCUT2D eigenvalue weighted by Gasteiger charge is 1.96. The van der Waals surface area contributed by atoms with Gasteiger partial charge >= 0.3 is 0 Å². The highest BCUT2D eigenvalue weighted by Crippen LogP contribution is 2.19. The highest BCUT2D eigenvalue weighted by molar-refractivity contribution is 8.02. The summed E-state index contributed by atoms with van der Waals surface area (Å²) >= 11 is 4.01. The molecule has 0 saturated carbocycles. The average molecular weight is 288 g/mol. The zero-order valence-corrected chi connectivity index (χ0v) is 12.8. The minimum Gasteiger partial charge on any atom is -0.161 e. The predicted molar refractivity (Wildman–Crippen MR) is 90.1 cm³/mol. The third kappa shape index (κ3) is 6.22. The number of hydrogen-bond acceptors (Lipinski definition) is 2. The number of allylic oxidation sites excluding steroid dienone is 6. The summed E-state index contributed by atoms with van der Waals surface area (Å²) in [4.78, 5) is 1.38. The summed E-state index contributed by atoms with van der Waals surface area (Å²) < 4.78 is 0. The number of rotatable bonds is 7. The van der Waals surface area contributed by atoms with Gasteiger partial charge in [-0.25, -0.2) is 0 Å². The highest BCUT2D eigenvalue weighted by atomic mass is 32.2. The van der Waals surface area contributed by atoms with E-state index >= 15 is 0 Å². The van der Waals surface area contributed by atoms with Crippen molar-refractivity contribution in [3.8, 4) is 0 Å². The van der Waals surface area contributed by atoms with Crippen LogP contribution in [-0.2, 0) is 0 Å². The fourth-order valence-corrected chi connectivity index (χ4v) is 3.81. The second kappa shape index (κ2) is 9.11. The van der Waals surface area contributed by atoms with Crippen LogP contribution in [0.2, 0.25) is 0 Å². The molecule has 2 heteroatoms. The molecule has 1 aliphatic rings. The van der Waals surface area contributed by atoms with Crippen molar-refractivity contribution in [2.45, 2.75) is 17.7 Å². The zero-order valence-electron chi connectivity index (χ0n) is 11.1. The molecule has 2 rings (SSSR count). The molecule has 0 bridgehead atoms. The van der Waals surface area contributed by atoms with Crippen LogP contribution >= 0.6 is 23.5 Å². The first-order valence-electron chi connectivity index (χ1n) is 6.73. The molecule has 1 aromatic rings. The van der Waals surface area contributed by atoms with E-state index < -0.39 is 0 Å². The van der Waals surface area contributed by atoms with E-state index in [1.165, 1.54) is 34.1 Å². The topological polar surface area (TPSA) is 0 Å². The van der Waals surface area contributed by atoms with Gasteiger partial charge < -0.3 is 0 Å². The van der Waals surface area contributed by atoms with Crippen molar-refractivity contribution in [1.29, 1.82) is 0 Å². The lowest BCUT2D eigenvalue weighted by Crippen LogP contribution is -1.89. The molecule has 0 fully saturated rings. The van der Waals surface area contributed by atoms with Crippen molar-refractivity contribution >= 4 is 23.5 Å². The molecule has 0 heterocycles. The van der Waals surface area contributed by atoms with Gasteiger partial charge in [-0.05, 0) is 30.7 Å². The van der Waals surface area contributed by atoms with E-state index in [2.05, 4.69) is 72.5 Å². The molecule has 0 aromatic heterocycles. The Morgan fingerprint density at radius 3 is 2.74 bits per heavy atom. The first-order chi connectivity index (χ1) is 9.45. The van der Waals surface area contributed by atoms with Crippen molar-refractivity contribution in [2.24, 2.45) is 0 Å². The van der Waals surface area contributed by atoms with Gasteiger partial charge in [0, 0.05) is 16.4 Å². The van der Waals surface area contributed by atoms with Crippen molar-refractivity contribution in [3.05, 3.63) is 66.3 Å². The molecule has 0 aliphatic heterocycles. The zero-order chi connectivity index (χ0) is 13.2. The lowest BCUT2D eigenvalue weighted by atomic mass is 10.2. The van der Waals surface area contributed by atoms with Crippen molar-refractivity contribution in [2.75, 3.05) is 17.3 Å². The van der Waals surface area contributed by atoms with Gasteiger partial charge in [-0.1, -0.05) is 54.2 Å². The van der Waals surface area contributed by atoms with Crippen LogP contribution in [0.25, 0.3) is 0 Å². The maximum absolute atomic E-state index is 2.33. The van der Waals surface area contributed by atoms with Gasteiger partial charge in [-0.3, -0.25) is 0 Å². The summed E-state index contributed by atoms with van der Waals surface area (Å²) in [6.07, 6.45) is 13.3. The smallest absolute Gasteiger partial charge is 0.00722 e. The molecule has 0 amide bonds. The Bertz CT molecular complexity index is 444. The largest absolute Gasteiger partial charge is 0.161 e. The summed E-state index contributed by atoms with van der Waals surface area (Å²) in [5.74, 6) is 3.66. The summed E-state index contributed by atoms with van der Waals surface area (Å²) in [6, 6.07) is 10.7. The summed E-state index contributed by atoms with van der Waals surface area (Å²) in [6.45, 7) is 0. The van der Waals surface area contributed by atoms with Crippen molar-refractivity contribution < 1.29 is 0 Å². The van der Waals surface area contributed by atoms with Crippen LogP contribution in [-0.4, -0.2) is 17.3 Å². The molecule has 0 radical (unpaired) electrons. The van der Waals surface area contributed by atoms with Gasteiger partial charge in [0.05, 0.1) is 0 Å². The summed E-state index contributed by atoms with van der Waals surface area (Å²) in [5, 5.41) is 0. The molecule has 1 aliphatic carbocycles. The fourth-order valence-electron chi connectivity index (χ4n) is 1.84. The van der Waals surface area contributed by atoms with E-state index in [0.717, 1.165) is 6.42 Å². The Labute approximate surface area is 125 Å². The van der Waals surface area contributed by atoms with Gasteiger partial charge in [-0.15, -0.1) is 11.8 Å². The number of benzene rings is 1. The second-order valence-corrected chi connectivity index (χ2v) is 6.72. The van der Waals surface area contributed by atoms with Crippen LogP contribution in [0.4, 0.5) is 0 Å². The first-order valence-corrected chi connectivity index (χ1v) is 8.87. The Morgan fingerprint density at radius 1 is 0.947 bits per heavy atom. The molecule has 19 heavy (non-hydrogen) atoms. The van der Waals surface area contributed by atoms with Crippen LogP contribution in [0.5, 0.6) is 0 Å². The third-order valence-corrected chi connectivity index (χ3v) is 5.11. The lowest BCUT2D eigenvalue weighted by Gasteiger charge is -2.03. The monoisotopic (exact) mass is 288 g/mol. The van der Waals surface area contributed by atoms with E-state index in [-0.39, 0.29) is 0 Å². The molecule has 0 atom stereocenters. The van der Waals surface area contributed by atoms with Crippen LogP contribution < -0.4 is 0 Å². The molecule has 0 nitrogen and oxygen atoms in total. The molecule has 0 unspecified atom stereocenters. The summed E-state index contributed by atoms with van der Waals surface area (Å²) in [7, 11) is 0. The Morgan fingerprint density at radius 2 is 1.84 bits per heavy atom. The quantitative estimate of drug-likeness (QED) is 0.490. The van der Waals surface area contributed by atoms with Crippen LogP contribution in [0.1, 0.15) is 12.8 Å². The SMILES string of the molecule is C1=CCC=C(CCSCCSc2ccccc2)C=C1. The van der Waals surface area contributed by atoms with Crippen LogP contribution in [0.15, 0.2) is 71.2 Å². The molecular weight excluding hydrogens is 268 g/mol. The molecule has 1 aromatic carbocycles. The molecule has 0 spiro atoms. The molecule has 0 N–H and O–H groups in total. The van der Waals surface area contributed by atoms with Crippen molar-refractivity contribution in [1.82, 2.24) is 0 Å². The van der Waals surface area contributed by atoms with Gasteiger partial charge in [-0.2, -0.15) is 11.8 Å². The normalized spacial score (nSPS) is 14.2. The number of hydrogen-bond donors (Lipinski definition) is 0. The average Bonchev–Trinajstić information content (AvgIpc) is 2.72. The fraction of sp³-hybridized carbons (Fsp3) is 0.294. The van der Waals surface area contributed by atoms with E-state index in [1.807, 2.05) is 11.8 Å². The maximum atomic E-state index is 2.33. The third-order valence-electron chi connectivity index (χ3n) is 2.85. The molecule has 0 saturated heterocycles. The Hall–Kier alpha value is -0.860. The van der Waals surface area contributed by atoms with Crippen LogP contribution in [0, 0.1) is 0 Å². The van der Waals surface area contributed by atoms with Gasteiger partial charge in [0.1, 0.15) is 0 Å². The lowest BCUT2D eigenvalue weighted by molar-refractivity contribution is 1.14. The second-order valence-electron chi connectivity index (χ2n) is 4.33. The van der Waals surface area contributed by atoms with E-state index in [9.17, 15) is 0 Å². The van der Waals surface area contributed by atoms with Crippen molar-refractivity contribution in [3.63, 3.8) is 0 Å². The number of thioether (sulfide) groups is 2. The maximum Gasteiger partial charge on any atom is 0.00722 e. The first kappa shape index (κ1) is 14.5. The van der Waals surface area contributed by atoms with Gasteiger partial charge in [0.25, 0.3) is 0 Å². The summed E-state index contributed by atoms with van der Waals surface area (Å²) in [5.41, 5.74) is 1.48. The van der Waals surface area contributed by atoms with E-state index in [0.29, 0.717) is 0 Å². The predicted octanol–water partition coefficient (Wildman–Crippen LogP) is 5.34.